The van der Waals surface area contributed by atoms with Gasteiger partial charge < -0.3 is 19.7 Å². The second kappa shape index (κ2) is 10.8. The highest BCUT2D eigenvalue weighted by Crippen LogP contribution is 2.45. The number of methoxy groups -OCH3 is 1. The van der Waals surface area contributed by atoms with Crippen molar-refractivity contribution in [3.8, 4) is 5.75 Å². The average Bonchev–Trinajstić information content (AvgIpc) is 3.23. The molecule has 0 radical (unpaired) electrons. The van der Waals surface area contributed by atoms with Crippen molar-refractivity contribution in [3.05, 3.63) is 82.3 Å². The van der Waals surface area contributed by atoms with E-state index in [1.165, 1.54) is 11.8 Å². The molecule has 1 N–H and O–H groups in total. The summed E-state index contributed by atoms with van der Waals surface area (Å²) >= 11 is 1.44. The summed E-state index contributed by atoms with van der Waals surface area (Å²) in [7, 11) is 1.61. The van der Waals surface area contributed by atoms with Crippen molar-refractivity contribution in [3.63, 3.8) is 0 Å². The molecule has 182 valence electrons. The fourth-order valence-electron chi connectivity index (χ4n) is 3.93. The number of nitrogens with zero attached hydrogens (tertiary/aromatic N) is 3. The predicted molar refractivity (Wildman–Crippen MR) is 135 cm³/mol. The molecule has 3 heterocycles. The van der Waals surface area contributed by atoms with Crippen molar-refractivity contribution in [2.75, 3.05) is 7.11 Å². The minimum atomic E-state index is -0.482. The molecule has 4 rings (SSSR count). The zero-order valence-electron chi connectivity index (χ0n) is 20.1. The summed E-state index contributed by atoms with van der Waals surface area (Å²) in [6, 6.07) is 12.6. The van der Waals surface area contributed by atoms with Gasteiger partial charge in [0.2, 0.25) is 5.91 Å². The number of rotatable bonds is 8. The van der Waals surface area contributed by atoms with Crippen molar-refractivity contribution in [1.82, 2.24) is 15.2 Å². The lowest BCUT2D eigenvalue weighted by atomic mass is 9.93. The SMILES string of the molecule is COc1ccc(C2C(C(=O)OC(C)C)=C(C)N=C3SC=C(CC(=O)NCc4ccccn4)N32)cc1. The van der Waals surface area contributed by atoms with Gasteiger partial charge in [0.05, 0.1) is 49.2 Å². The molecule has 1 unspecified atom stereocenters. The van der Waals surface area contributed by atoms with Crippen LogP contribution in [0.3, 0.4) is 0 Å². The Kier molecular flexibility index (Phi) is 7.55. The third kappa shape index (κ3) is 5.57. The highest BCUT2D eigenvalue weighted by molar-refractivity contribution is 8.16. The minimum Gasteiger partial charge on any atom is -0.497 e. The second-order valence-corrected chi connectivity index (χ2v) is 9.23. The molecule has 2 aliphatic heterocycles. The standard InChI is InChI=1S/C26H28N4O4S/c1-16(2)34-25(32)23-17(3)29-26-30(24(23)18-8-10-21(33-4)11-9-18)20(15-35-26)13-22(31)28-14-19-7-5-6-12-27-19/h5-12,15-16,24H,13-14H2,1-4H3,(H,28,31). The summed E-state index contributed by atoms with van der Waals surface area (Å²) in [5, 5.41) is 5.56. The van der Waals surface area contributed by atoms with Crippen molar-refractivity contribution in [2.24, 2.45) is 4.99 Å². The van der Waals surface area contributed by atoms with Gasteiger partial charge in [-0.15, -0.1) is 0 Å². The van der Waals surface area contributed by atoms with E-state index in [0.717, 1.165) is 22.1 Å². The smallest absolute Gasteiger partial charge is 0.338 e. The molecule has 0 aliphatic carbocycles. The molecule has 9 heteroatoms. The van der Waals surface area contributed by atoms with Crippen LogP contribution in [0, 0.1) is 0 Å². The maximum atomic E-state index is 13.2. The van der Waals surface area contributed by atoms with Gasteiger partial charge in [0, 0.05) is 11.9 Å². The van der Waals surface area contributed by atoms with Gasteiger partial charge in [-0.3, -0.25) is 9.78 Å². The maximum absolute atomic E-state index is 13.2. The number of hydrogen-bond donors (Lipinski definition) is 1. The molecule has 0 bridgehead atoms. The zero-order valence-corrected chi connectivity index (χ0v) is 21.0. The van der Waals surface area contributed by atoms with Crippen molar-refractivity contribution in [1.29, 1.82) is 0 Å². The molecule has 1 atom stereocenters. The molecule has 2 aromatic rings. The van der Waals surface area contributed by atoms with E-state index < -0.39 is 12.0 Å². The van der Waals surface area contributed by atoms with Crippen LogP contribution in [0.15, 0.2) is 76.0 Å². The number of carbonyl (C=O) groups excluding carboxylic acids is 2. The molecule has 1 aromatic carbocycles. The normalized spacial score (nSPS) is 17.1. The van der Waals surface area contributed by atoms with Gasteiger partial charge in [-0.25, -0.2) is 9.79 Å². The Morgan fingerprint density at radius 3 is 2.60 bits per heavy atom. The number of carbonyl (C=O) groups is 2. The number of amides is 1. The van der Waals surface area contributed by atoms with Gasteiger partial charge in [-0.05, 0) is 56.0 Å². The van der Waals surface area contributed by atoms with Crippen molar-refractivity contribution < 1.29 is 19.1 Å². The molecular weight excluding hydrogens is 464 g/mol. The van der Waals surface area contributed by atoms with Gasteiger partial charge in [0.25, 0.3) is 0 Å². The van der Waals surface area contributed by atoms with E-state index in [4.69, 9.17) is 9.47 Å². The Morgan fingerprint density at radius 1 is 1.17 bits per heavy atom. The third-order valence-corrected chi connectivity index (χ3v) is 6.42. The van der Waals surface area contributed by atoms with Gasteiger partial charge >= 0.3 is 5.97 Å². The Morgan fingerprint density at radius 2 is 1.94 bits per heavy atom. The molecule has 0 saturated carbocycles. The zero-order chi connectivity index (χ0) is 24.9. The number of esters is 1. The number of benzene rings is 1. The van der Waals surface area contributed by atoms with Crippen LogP contribution >= 0.6 is 11.8 Å². The topological polar surface area (TPSA) is 93.1 Å². The maximum Gasteiger partial charge on any atom is 0.338 e. The number of nitrogens with one attached hydrogen (secondary N) is 1. The van der Waals surface area contributed by atoms with Crippen LogP contribution in [0.4, 0.5) is 0 Å². The highest BCUT2D eigenvalue weighted by atomic mass is 32.2. The molecule has 0 fully saturated rings. The quantitative estimate of drug-likeness (QED) is 0.549. The van der Waals surface area contributed by atoms with Gasteiger partial charge in [0.15, 0.2) is 5.17 Å². The molecule has 1 amide bonds. The minimum absolute atomic E-state index is 0.136. The lowest BCUT2D eigenvalue weighted by molar-refractivity contribution is -0.143. The van der Waals surface area contributed by atoms with Gasteiger partial charge in [-0.1, -0.05) is 30.0 Å². The number of hydrogen-bond acceptors (Lipinski definition) is 8. The fraction of sp³-hybridized carbons (Fsp3) is 0.308. The summed E-state index contributed by atoms with van der Waals surface area (Å²) in [6.45, 7) is 5.79. The van der Waals surface area contributed by atoms with E-state index in [9.17, 15) is 9.59 Å². The largest absolute Gasteiger partial charge is 0.497 e. The molecular formula is C26H28N4O4S. The summed E-state index contributed by atoms with van der Waals surface area (Å²) in [6.07, 6.45) is 1.56. The lowest BCUT2D eigenvalue weighted by Gasteiger charge is -2.36. The highest BCUT2D eigenvalue weighted by Gasteiger charge is 2.41. The number of amidine groups is 1. The van der Waals surface area contributed by atoms with Crippen LogP contribution < -0.4 is 10.1 Å². The first-order valence-electron chi connectivity index (χ1n) is 11.3. The van der Waals surface area contributed by atoms with E-state index >= 15 is 0 Å². The number of ether oxygens (including phenoxy) is 2. The Hall–Kier alpha value is -3.59. The van der Waals surface area contributed by atoms with E-state index in [0.29, 0.717) is 23.6 Å². The Bertz CT molecular complexity index is 1190. The third-order valence-electron chi connectivity index (χ3n) is 5.53. The van der Waals surface area contributed by atoms with Gasteiger partial charge in [0.1, 0.15) is 5.75 Å². The molecule has 1 aromatic heterocycles. The monoisotopic (exact) mass is 492 g/mol. The first-order chi connectivity index (χ1) is 16.9. The summed E-state index contributed by atoms with van der Waals surface area (Å²) in [5.41, 5.74) is 3.47. The number of fused-ring (bicyclic) bond motifs is 1. The number of pyridine rings is 1. The molecule has 35 heavy (non-hydrogen) atoms. The number of thioether (sulfide) groups is 1. The van der Waals surface area contributed by atoms with Crippen LogP contribution in [0.2, 0.25) is 0 Å². The number of aromatic nitrogens is 1. The fourth-order valence-corrected chi connectivity index (χ4v) is 4.89. The first-order valence-corrected chi connectivity index (χ1v) is 12.2. The lowest BCUT2D eigenvalue weighted by Crippen LogP contribution is -2.38. The van der Waals surface area contributed by atoms with E-state index in [1.54, 1.807) is 13.3 Å². The van der Waals surface area contributed by atoms with E-state index in [1.807, 2.05) is 73.5 Å². The van der Waals surface area contributed by atoms with Crippen LogP contribution in [0.5, 0.6) is 5.75 Å². The van der Waals surface area contributed by atoms with Crippen LogP contribution in [-0.2, 0) is 20.9 Å². The second-order valence-electron chi connectivity index (χ2n) is 8.39. The molecule has 8 nitrogen and oxygen atoms in total. The predicted octanol–water partition coefficient (Wildman–Crippen LogP) is 4.32. The van der Waals surface area contributed by atoms with Crippen molar-refractivity contribution in [2.45, 2.75) is 45.9 Å². The molecule has 0 spiro atoms. The van der Waals surface area contributed by atoms with Crippen LogP contribution in [0.1, 0.15) is 44.5 Å². The first kappa shape index (κ1) is 24.5. The van der Waals surface area contributed by atoms with Crippen molar-refractivity contribution >= 4 is 28.8 Å². The average molecular weight is 493 g/mol. The molecule has 0 saturated heterocycles. The Balaban J connectivity index is 1.62. The number of allylic oxidation sites excluding steroid dienone is 1. The van der Waals surface area contributed by atoms with Gasteiger partial charge in [-0.2, -0.15) is 0 Å². The molecule has 2 aliphatic rings. The van der Waals surface area contributed by atoms with Crippen LogP contribution in [-0.4, -0.2) is 40.1 Å². The summed E-state index contributed by atoms with van der Waals surface area (Å²) in [4.78, 5) is 36.9. The van der Waals surface area contributed by atoms with E-state index in [2.05, 4.69) is 15.3 Å². The Labute approximate surface area is 209 Å². The summed E-state index contributed by atoms with van der Waals surface area (Å²) < 4.78 is 10.9. The van der Waals surface area contributed by atoms with Crippen LogP contribution in [0.25, 0.3) is 0 Å². The van der Waals surface area contributed by atoms with E-state index in [-0.39, 0.29) is 18.4 Å². The summed E-state index contributed by atoms with van der Waals surface area (Å²) in [5.74, 6) is 0.151. The number of aliphatic imine (C=N–C) groups is 1.